The minimum atomic E-state index is -0.828. The van der Waals surface area contributed by atoms with E-state index in [1.54, 1.807) is 6.20 Å². The van der Waals surface area contributed by atoms with Gasteiger partial charge < -0.3 is 4.42 Å². The van der Waals surface area contributed by atoms with Crippen molar-refractivity contribution >= 4 is 16.9 Å². The molecule has 0 bridgehead atoms. The van der Waals surface area contributed by atoms with Crippen molar-refractivity contribution in [3.05, 3.63) is 89.1 Å². The third-order valence-corrected chi connectivity index (χ3v) is 5.11. The van der Waals surface area contributed by atoms with E-state index in [0.29, 0.717) is 5.56 Å². The number of benzene rings is 2. The van der Waals surface area contributed by atoms with Crippen LogP contribution in [-0.2, 0) is 6.42 Å². The molecule has 1 aliphatic rings. The number of oxazole rings is 1. The van der Waals surface area contributed by atoms with Gasteiger partial charge in [0.25, 0.3) is 0 Å². The smallest absolute Gasteiger partial charge is 0.181 e. The molecule has 0 saturated carbocycles. The number of ketones is 1. The summed E-state index contributed by atoms with van der Waals surface area (Å²) < 4.78 is 33.1. The number of aromatic nitrogens is 1. The third kappa shape index (κ3) is 3.65. The predicted molar refractivity (Wildman–Crippen MR) is 103 cm³/mol. The number of halogens is 2. The lowest BCUT2D eigenvalue weighted by Crippen LogP contribution is -2.09. The van der Waals surface area contributed by atoms with Crippen LogP contribution in [0.4, 0.5) is 8.78 Å². The highest BCUT2D eigenvalue weighted by Gasteiger charge is 2.19. The second kappa shape index (κ2) is 7.89. The van der Waals surface area contributed by atoms with E-state index < -0.39 is 23.0 Å². The average molecular weight is 379 g/mol. The molecule has 142 valence electrons. The monoisotopic (exact) mass is 379 g/mol. The summed E-state index contributed by atoms with van der Waals surface area (Å²) in [5.41, 5.74) is 3.70. The Hall–Kier alpha value is -3.08. The van der Waals surface area contributed by atoms with Gasteiger partial charge >= 0.3 is 0 Å². The van der Waals surface area contributed by atoms with E-state index in [0.717, 1.165) is 49.1 Å². The molecule has 0 aliphatic heterocycles. The Morgan fingerprint density at radius 1 is 0.964 bits per heavy atom. The van der Waals surface area contributed by atoms with Gasteiger partial charge in [0.05, 0.1) is 11.8 Å². The minimum Gasteiger partial charge on any atom is -0.444 e. The highest BCUT2D eigenvalue weighted by Crippen LogP contribution is 2.38. The molecule has 1 aromatic heterocycles. The summed E-state index contributed by atoms with van der Waals surface area (Å²) in [6, 6.07) is 11.0. The Morgan fingerprint density at radius 2 is 1.64 bits per heavy atom. The molecule has 5 heteroatoms. The fourth-order valence-electron chi connectivity index (χ4n) is 3.72. The number of hydrogen-bond acceptors (Lipinski definition) is 3. The van der Waals surface area contributed by atoms with E-state index in [1.165, 1.54) is 23.6 Å². The first kappa shape index (κ1) is 18.3. The van der Waals surface area contributed by atoms with Crippen molar-refractivity contribution in [2.45, 2.75) is 32.1 Å². The van der Waals surface area contributed by atoms with Crippen LogP contribution in [-0.4, -0.2) is 10.8 Å². The maximum absolute atomic E-state index is 13.8. The summed E-state index contributed by atoms with van der Waals surface area (Å²) in [6.45, 7) is 0. The fraction of sp³-hybridized carbons (Fsp3) is 0.217. The summed E-state index contributed by atoms with van der Waals surface area (Å²) >= 11 is 0. The number of rotatable bonds is 5. The van der Waals surface area contributed by atoms with Crippen molar-refractivity contribution < 1.29 is 18.0 Å². The Bertz CT molecular complexity index is 1000. The summed E-state index contributed by atoms with van der Waals surface area (Å²) in [5.74, 6) is -1.43. The van der Waals surface area contributed by atoms with Crippen molar-refractivity contribution in [3.63, 3.8) is 0 Å². The van der Waals surface area contributed by atoms with Gasteiger partial charge in [0.1, 0.15) is 11.6 Å². The van der Waals surface area contributed by atoms with E-state index in [1.807, 2.05) is 24.3 Å². The zero-order valence-electron chi connectivity index (χ0n) is 15.3. The van der Waals surface area contributed by atoms with Crippen LogP contribution in [0.25, 0.3) is 11.1 Å². The lowest BCUT2D eigenvalue weighted by molar-refractivity contribution is 0.0985. The molecule has 3 aromatic rings. The largest absolute Gasteiger partial charge is 0.444 e. The summed E-state index contributed by atoms with van der Waals surface area (Å²) in [7, 11) is 0. The first-order valence-electron chi connectivity index (χ1n) is 9.31. The summed E-state index contributed by atoms with van der Waals surface area (Å²) in [5, 5.41) is 0. The van der Waals surface area contributed by atoms with Crippen LogP contribution in [0.1, 0.15) is 52.9 Å². The molecule has 2 aromatic carbocycles. The molecule has 1 aliphatic carbocycles. The van der Waals surface area contributed by atoms with Gasteiger partial charge in [-0.25, -0.2) is 13.8 Å². The van der Waals surface area contributed by atoms with E-state index in [2.05, 4.69) is 4.98 Å². The number of allylic oxidation sites excluding steroid dienone is 2. The number of nitrogens with zero attached hydrogens (tertiary/aromatic N) is 1. The summed E-state index contributed by atoms with van der Waals surface area (Å²) in [4.78, 5) is 16.4. The Labute approximate surface area is 161 Å². The lowest BCUT2D eigenvalue weighted by atomic mass is 9.86. The first-order chi connectivity index (χ1) is 13.6. The molecule has 0 radical (unpaired) electrons. The quantitative estimate of drug-likeness (QED) is 0.521. The first-order valence-corrected chi connectivity index (χ1v) is 9.31. The standard InChI is InChI=1S/C23H19F2NO2/c24-19-6-3-7-20(25)23(19)21(27)12-15-8-10-16(11-9-15)17-4-1-2-5-18(17)22-13-26-14-28-22/h3,6-11,13-14H,1-2,4-5,12H2. The van der Waals surface area contributed by atoms with Gasteiger partial charge in [-0.15, -0.1) is 0 Å². The van der Waals surface area contributed by atoms with Crippen LogP contribution in [0.2, 0.25) is 0 Å². The highest BCUT2D eigenvalue weighted by atomic mass is 19.1. The Kier molecular flexibility index (Phi) is 5.15. The van der Waals surface area contributed by atoms with E-state index in [4.69, 9.17) is 4.42 Å². The molecule has 0 N–H and O–H groups in total. The van der Waals surface area contributed by atoms with Gasteiger partial charge in [0, 0.05) is 12.0 Å². The lowest BCUT2D eigenvalue weighted by Gasteiger charge is -2.19. The Morgan fingerprint density at radius 3 is 2.29 bits per heavy atom. The molecule has 3 nitrogen and oxygen atoms in total. The van der Waals surface area contributed by atoms with Crippen molar-refractivity contribution in [2.75, 3.05) is 0 Å². The topological polar surface area (TPSA) is 43.1 Å². The van der Waals surface area contributed by atoms with Crippen LogP contribution < -0.4 is 0 Å². The van der Waals surface area contributed by atoms with Crippen LogP contribution in [0.5, 0.6) is 0 Å². The van der Waals surface area contributed by atoms with E-state index in [9.17, 15) is 13.6 Å². The molecule has 0 atom stereocenters. The minimum absolute atomic E-state index is 0.0495. The fourth-order valence-corrected chi connectivity index (χ4v) is 3.72. The van der Waals surface area contributed by atoms with Gasteiger partial charge in [0.15, 0.2) is 17.9 Å². The SMILES string of the molecule is O=C(Cc1ccc(C2=C(c3cnco3)CCCC2)cc1)c1c(F)cccc1F. The molecular formula is C23H19F2NO2. The number of carbonyl (C=O) groups is 1. The zero-order chi connectivity index (χ0) is 19.5. The third-order valence-electron chi connectivity index (χ3n) is 5.11. The van der Waals surface area contributed by atoms with Crippen molar-refractivity contribution in [1.82, 2.24) is 4.98 Å². The normalized spacial score (nSPS) is 14.4. The maximum Gasteiger partial charge on any atom is 0.181 e. The van der Waals surface area contributed by atoms with Crippen molar-refractivity contribution in [3.8, 4) is 0 Å². The van der Waals surface area contributed by atoms with Crippen LogP contribution in [0, 0.1) is 11.6 Å². The second-order valence-corrected chi connectivity index (χ2v) is 6.92. The van der Waals surface area contributed by atoms with Crippen molar-refractivity contribution in [1.29, 1.82) is 0 Å². The van der Waals surface area contributed by atoms with Crippen LogP contribution in [0.15, 0.2) is 59.5 Å². The number of carbonyl (C=O) groups excluding carboxylic acids is 1. The second-order valence-electron chi connectivity index (χ2n) is 6.92. The molecule has 1 heterocycles. The van der Waals surface area contributed by atoms with Gasteiger partial charge in [-0.3, -0.25) is 4.79 Å². The van der Waals surface area contributed by atoms with Gasteiger partial charge in [-0.1, -0.05) is 30.3 Å². The molecule has 28 heavy (non-hydrogen) atoms. The molecule has 0 spiro atoms. The van der Waals surface area contributed by atoms with Crippen molar-refractivity contribution in [2.24, 2.45) is 0 Å². The van der Waals surface area contributed by atoms with E-state index >= 15 is 0 Å². The van der Waals surface area contributed by atoms with E-state index in [-0.39, 0.29) is 6.42 Å². The molecule has 0 saturated heterocycles. The van der Waals surface area contributed by atoms with Crippen LogP contribution in [0.3, 0.4) is 0 Å². The number of hydrogen-bond donors (Lipinski definition) is 0. The van der Waals surface area contributed by atoms with Crippen LogP contribution >= 0.6 is 0 Å². The van der Waals surface area contributed by atoms with Gasteiger partial charge in [-0.05, 0) is 54.5 Å². The maximum atomic E-state index is 13.8. The van der Waals surface area contributed by atoms with Gasteiger partial charge in [0.2, 0.25) is 0 Å². The molecule has 0 fully saturated rings. The van der Waals surface area contributed by atoms with Gasteiger partial charge in [-0.2, -0.15) is 0 Å². The average Bonchev–Trinajstić information content (AvgIpc) is 3.23. The molecule has 4 rings (SSSR count). The molecular weight excluding hydrogens is 360 g/mol. The highest BCUT2D eigenvalue weighted by molar-refractivity contribution is 5.98. The zero-order valence-corrected chi connectivity index (χ0v) is 15.3. The predicted octanol–water partition coefficient (Wildman–Crippen LogP) is 5.86. The molecule has 0 amide bonds. The number of Topliss-reactive ketones (excluding diaryl/α,β-unsaturated/α-hetero) is 1. The Balaban J connectivity index is 1.58. The summed E-state index contributed by atoms with van der Waals surface area (Å²) in [6.07, 6.45) is 7.24. The molecule has 0 unspecified atom stereocenters.